The van der Waals surface area contributed by atoms with E-state index in [1.807, 2.05) is 44.2 Å². The minimum atomic E-state index is -1.48. The van der Waals surface area contributed by atoms with Crippen molar-refractivity contribution in [2.24, 2.45) is 5.92 Å². The van der Waals surface area contributed by atoms with Crippen molar-refractivity contribution in [3.8, 4) is 0 Å². The predicted molar refractivity (Wildman–Crippen MR) is 117 cm³/mol. The van der Waals surface area contributed by atoms with Crippen LogP contribution >= 0.6 is 23.8 Å². The Bertz CT molecular complexity index is 924. The zero-order valence-electron chi connectivity index (χ0n) is 16.8. The number of esters is 1. The van der Waals surface area contributed by atoms with E-state index in [2.05, 4.69) is 20.9 Å². The Morgan fingerprint density at radius 1 is 1.31 bits per heavy atom. The van der Waals surface area contributed by atoms with Gasteiger partial charge in [-0.15, -0.1) is 0 Å². The molecule has 2 aromatic rings. The lowest BCUT2D eigenvalue weighted by Crippen LogP contribution is -2.70. The molecule has 2 rings (SSSR count). The van der Waals surface area contributed by atoms with Crippen molar-refractivity contribution in [3.05, 3.63) is 41.0 Å². The minimum Gasteiger partial charge on any atom is -0.466 e. The van der Waals surface area contributed by atoms with E-state index in [-0.39, 0.29) is 16.9 Å². The first kappa shape index (κ1) is 22.8. The molecule has 1 amide bonds. The summed E-state index contributed by atoms with van der Waals surface area (Å²) in [6.45, 7) is 5.36. The van der Waals surface area contributed by atoms with Gasteiger partial charge in [-0.05, 0) is 30.8 Å². The number of hydrogen-bond acceptors (Lipinski definition) is 5. The molecule has 2 atom stereocenters. The molecule has 9 heteroatoms. The van der Waals surface area contributed by atoms with Crippen LogP contribution in [0.4, 0.5) is 0 Å². The van der Waals surface area contributed by atoms with Crippen molar-refractivity contribution < 1.29 is 14.3 Å². The predicted octanol–water partition coefficient (Wildman–Crippen LogP) is 2.90. The smallest absolute Gasteiger partial charge is 0.352 e. The van der Waals surface area contributed by atoms with E-state index in [1.165, 1.54) is 14.0 Å². The Kier molecular flexibility index (Phi) is 7.75. The van der Waals surface area contributed by atoms with E-state index in [1.54, 1.807) is 0 Å². The van der Waals surface area contributed by atoms with Crippen molar-refractivity contribution >= 4 is 51.7 Å². The average Bonchev–Trinajstić information content (AvgIpc) is 2.69. The molecule has 0 aliphatic rings. The molecule has 2 unspecified atom stereocenters. The summed E-state index contributed by atoms with van der Waals surface area (Å²) >= 11 is 11.7. The second-order valence-electron chi connectivity index (χ2n) is 6.73. The van der Waals surface area contributed by atoms with Crippen LogP contribution in [0, 0.1) is 5.92 Å². The maximum atomic E-state index is 12.6. The van der Waals surface area contributed by atoms with Crippen LogP contribution in [0.25, 0.3) is 10.9 Å². The van der Waals surface area contributed by atoms with E-state index in [0.717, 1.165) is 16.5 Å². The number of thiocarbonyl (C=S) groups is 1. The molecule has 3 N–H and O–H groups in total. The molecule has 0 aliphatic carbocycles. The fraction of sp³-hybridized carbons (Fsp3) is 0.400. The third-order valence-electron chi connectivity index (χ3n) is 4.73. The topological polar surface area (TPSA) is 92.4 Å². The summed E-state index contributed by atoms with van der Waals surface area (Å²) in [7, 11) is 1.26. The molecule has 29 heavy (non-hydrogen) atoms. The lowest BCUT2D eigenvalue weighted by molar-refractivity contribution is -0.154. The third kappa shape index (κ3) is 5.33. The van der Waals surface area contributed by atoms with Crippen LogP contribution in [0.1, 0.15) is 32.8 Å². The molecule has 156 valence electrons. The number of fused-ring (bicyclic) bond motifs is 1. The maximum absolute atomic E-state index is 12.6. The number of rotatable bonds is 7. The van der Waals surface area contributed by atoms with Gasteiger partial charge in [0.15, 0.2) is 5.11 Å². The highest BCUT2D eigenvalue weighted by molar-refractivity contribution is 7.80. The first-order chi connectivity index (χ1) is 13.7. The Hall–Kier alpha value is -2.45. The van der Waals surface area contributed by atoms with Crippen LogP contribution in [-0.4, -0.2) is 34.7 Å². The number of halogens is 1. The highest BCUT2D eigenvalue weighted by Gasteiger charge is 2.45. The van der Waals surface area contributed by atoms with Gasteiger partial charge in [-0.3, -0.25) is 4.79 Å². The SMILES string of the molecule is CCC(C)C(NC(C)=O)(NC(=S)NCc1cc2ccccc2nc1Cl)C(=O)OC. The number of nitrogens with zero attached hydrogens (tertiary/aromatic N) is 1. The van der Waals surface area contributed by atoms with Gasteiger partial charge in [-0.2, -0.15) is 0 Å². The molecule has 1 aromatic carbocycles. The largest absolute Gasteiger partial charge is 0.466 e. The molecule has 1 heterocycles. The van der Waals surface area contributed by atoms with Crippen LogP contribution < -0.4 is 16.0 Å². The summed E-state index contributed by atoms with van der Waals surface area (Å²) in [6.07, 6.45) is 0.603. The van der Waals surface area contributed by atoms with Crippen LogP contribution in [0.15, 0.2) is 30.3 Å². The molecule has 7 nitrogen and oxygen atoms in total. The number of aromatic nitrogens is 1. The van der Waals surface area contributed by atoms with Crippen LogP contribution in [0.5, 0.6) is 0 Å². The molecule has 0 bridgehead atoms. The van der Waals surface area contributed by atoms with Gasteiger partial charge in [0.25, 0.3) is 0 Å². The van der Waals surface area contributed by atoms with Crippen molar-refractivity contribution in [2.75, 3.05) is 7.11 Å². The molecule has 0 saturated carbocycles. The number of ether oxygens (including phenoxy) is 1. The number of carbonyl (C=O) groups excluding carboxylic acids is 2. The second kappa shape index (κ2) is 9.84. The first-order valence-electron chi connectivity index (χ1n) is 9.20. The summed E-state index contributed by atoms with van der Waals surface area (Å²) in [5, 5.41) is 10.1. The van der Waals surface area contributed by atoms with E-state index in [9.17, 15) is 9.59 Å². The van der Waals surface area contributed by atoms with Crippen LogP contribution in [0.3, 0.4) is 0 Å². The summed E-state index contributed by atoms with van der Waals surface area (Å²) < 4.78 is 4.94. The van der Waals surface area contributed by atoms with Crippen molar-refractivity contribution in [1.29, 1.82) is 0 Å². The number of para-hydroxylation sites is 1. The summed E-state index contributed by atoms with van der Waals surface area (Å²) in [5.41, 5.74) is 0.0699. The van der Waals surface area contributed by atoms with Gasteiger partial charge in [-0.25, -0.2) is 9.78 Å². The number of hydrogen-bond donors (Lipinski definition) is 3. The normalized spacial score (nSPS) is 13.8. The van der Waals surface area contributed by atoms with Gasteiger partial charge in [0.05, 0.1) is 12.6 Å². The van der Waals surface area contributed by atoms with E-state index in [0.29, 0.717) is 18.1 Å². The fourth-order valence-corrected chi connectivity index (χ4v) is 3.43. The van der Waals surface area contributed by atoms with Gasteiger partial charge >= 0.3 is 5.97 Å². The van der Waals surface area contributed by atoms with E-state index < -0.39 is 11.6 Å². The number of pyridine rings is 1. The Morgan fingerprint density at radius 2 is 2.00 bits per heavy atom. The maximum Gasteiger partial charge on any atom is 0.352 e. The molecule has 0 aliphatic heterocycles. The highest BCUT2D eigenvalue weighted by Crippen LogP contribution is 2.22. The number of benzene rings is 1. The number of nitrogens with one attached hydrogen (secondary N) is 3. The summed E-state index contributed by atoms with van der Waals surface area (Å²) in [4.78, 5) is 28.7. The molecule has 0 fully saturated rings. The quantitative estimate of drug-likeness (QED) is 0.266. The molecular weight excluding hydrogens is 412 g/mol. The lowest BCUT2D eigenvalue weighted by Gasteiger charge is -2.38. The summed E-state index contributed by atoms with van der Waals surface area (Å²) in [6, 6.07) is 9.57. The lowest BCUT2D eigenvalue weighted by atomic mass is 9.91. The van der Waals surface area contributed by atoms with Gasteiger partial charge in [0, 0.05) is 30.3 Å². The monoisotopic (exact) mass is 436 g/mol. The second-order valence-corrected chi connectivity index (χ2v) is 7.50. The Labute approximate surface area is 180 Å². The Balaban J connectivity index is 2.20. The van der Waals surface area contributed by atoms with Crippen molar-refractivity contribution in [1.82, 2.24) is 20.9 Å². The summed E-state index contributed by atoms with van der Waals surface area (Å²) in [5.74, 6) is -1.30. The van der Waals surface area contributed by atoms with Gasteiger partial charge in [-0.1, -0.05) is 43.6 Å². The van der Waals surface area contributed by atoms with Crippen LogP contribution in [0.2, 0.25) is 5.15 Å². The first-order valence-corrected chi connectivity index (χ1v) is 9.99. The van der Waals surface area contributed by atoms with Crippen LogP contribution in [-0.2, 0) is 20.9 Å². The van der Waals surface area contributed by atoms with E-state index >= 15 is 0 Å². The molecule has 0 radical (unpaired) electrons. The Morgan fingerprint density at radius 3 is 2.62 bits per heavy atom. The molecular formula is C20H25ClN4O3S. The van der Waals surface area contributed by atoms with Gasteiger partial charge in [0.2, 0.25) is 11.6 Å². The van der Waals surface area contributed by atoms with E-state index in [4.69, 9.17) is 28.6 Å². The zero-order chi connectivity index (χ0) is 21.6. The minimum absolute atomic E-state index is 0.175. The third-order valence-corrected chi connectivity index (χ3v) is 5.31. The standard InChI is InChI=1S/C20H25ClN4O3S/c1-5-12(2)20(18(27)28-4,24-13(3)26)25-19(29)22-11-15-10-14-8-6-7-9-16(14)23-17(15)21/h6-10,12H,5,11H2,1-4H3,(H,24,26)(H2,22,25,29). The number of methoxy groups -OCH3 is 1. The average molecular weight is 437 g/mol. The number of carbonyl (C=O) groups is 2. The zero-order valence-corrected chi connectivity index (χ0v) is 18.4. The van der Waals surface area contributed by atoms with Gasteiger partial charge in [0.1, 0.15) is 5.15 Å². The number of amides is 1. The molecule has 1 aromatic heterocycles. The highest BCUT2D eigenvalue weighted by atomic mass is 35.5. The molecule has 0 saturated heterocycles. The molecule has 0 spiro atoms. The van der Waals surface area contributed by atoms with Crippen molar-refractivity contribution in [3.63, 3.8) is 0 Å². The van der Waals surface area contributed by atoms with Gasteiger partial charge < -0.3 is 20.7 Å². The fourth-order valence-electron chi connectivity index (χ4n) is 2.98. The van der Waals surface area contributed by atoms with Crippen molar-refractivity contribution in [2.45, 2.75) is 39.4 Å².